The van der Waals surface area contributed by atoms with Crippen molar-refractivity contribution >= 4 is 29.4 Å². The molecule has 0 bridgehead atoms. The summed E-state index contributed by atoms with van der Waals surface area (Å²) in [5.41, 5.74) is -2.02. The van der Waals surface area contributed by atoms with Crippen molar-refractivity contribution in [3.63, 3.8) is 0 Å². The number of phosphoric ester groups is 1. The lowest BCUT2D eigenvalue weighted by Gasteiger charge is -2.35. The van der Waals surface area contributed by atoms with Gasteiger partial charge in [0.05, 0.1) is 13.2 Å². The fourth-order valence-electron chi connectivity index (χ4n) is 3.78. The van der Waals surface area contributed by atoms with Crippen LogP contribution in [0.2, 0.25) is 0 Å². The highest BCUT2D eigenvalue weighted by Crippen LogP contribution is 2.58. The third-order valence-corrected chi connectivity index (χ3v) is 10.3. The molecule has 10 nitrogen and oxygen atoms in total. The molecule has 0 spiro atoms. The molecule has 2 saturated heterocycles. The molecule has 0 radical (unpaired) electrons. The van der Waals surface area contributed by atoms with Gasteiger partial charge in [-0.05, 0) is 25.0 Å². The molecule has 0 saturated carbocycles. The van der Waals surface area contributed by atoms with E-state index in [-0.39, 0.29) is 18.0 Å². The zero-order valence-corrected chi connectivity index (χ0v) is 22.4. The molecule has 192 valence electrons. The molecule has 2 fully saturated rings. The molecule has 0 aliphatic carbocycles. The molecule has 35 heavy (non-hydrogen) atoms. The van der Waals surface area contributed by atoms with Crippen LogP contribution in [0.1, 0.15) is 39.5 Å². The minimum atomic E-state index is -3.99. The summed E-state index contributed by atoms with van der Waals surface area (Å²) in [5.74, 6) is 0. The zero-order chi connectivity index (χ0) is 25.4. The Morgan fingerprint density at radius 1 is 1.29 bits per heavy atom. The van der Waals surface area contributed by atoms with Crippen molar-refractivity contribution in [1.82, 2.24) is 9.55 Å². The van der Waals surface area contributed by atoms with Crippen molar-refractivity contribution in [2.45, 2.75) is 67.8 Å². The van der Waals surface area contributed by atoms with Crippen molar-refractivity contribution in [3.05, 3.63) is 62.9 Å². The lowest BCUT2D eigenvalue weighted by atomic mass is 9.96. The van der Waals surface area contributed by atoms with Gasteiger partial charge in [-0.3, -0.25) is 27.9 Å². The van der Waals surface area contributed by atoms with E-state index in [0.29, 0.717) is 6.42 Å². The Balaban J connectivity index is 1.41. The molecule has 1 aromatic carbocycles. The van der Waals surface area contributed by atoms with Crippen LogP contribution in [0.25, 0.3) is 0 Å². The highest BCUT2D eigenvalue weighted by atomic mass is 33.1. The molecule has 2 aliphatic rings. The van der Waals surface area contributed by atoms with E-state index < -0.39 is 43.1 Å². The van der Waals surface area contributed by atoms with E-state index in [1.165, 1.54) is 13.1 Å². The summed E-state index contributed by atoms with van der Waals surface area (Å²) in [6.07, 6.45) is -1.33. The first-order valence-corrected chi connectivity index (χ1v) is 14.7. The molecular formula is C22H29N2O8PS2. The topological polar surface area (TPSA) is 129 Å². The minimum Gasteiger partial charge on any atom is -0.383 e. The molecule has 2 N–H and O–H groups in total. The number of fused-ring (bicyclic) bond motifs is 1. The van der Waals surface area contributed by atoms with Crippen molar-refractivity contribution in [2.24, 2.45) is 0 Å². The maximum absolute atomic E-state index is 13.2. The van der Waals surface area contributed by atoms with Gasteiger partial charge in [0.15, 0.2) is 6.23 Å². The van der Waals surface area contributed by atoms with Gasteiger partial charge in [-0.2, -0.15) is 0 Å². The highest BCUT2D eigenvalue weighted by Gasteiger charge is 2.60. The van der Waals surface area contributed by atoms with Crippen molar-refractivity contribution < 1.29 is 28.0 Å². The number of hydrogen-bond donors (Lipinski definition) is 2. The van der Waals surface area contributed by atoms with Crippen LogP contribution < -0.4 is 11.2 Å². The molecule has 13 heteroatoms. The smallest absolute Gasteiger partial charge is 0.383 e. The van der Waals surface area contributed by atoms with Crippen LogP contribution in [-0.4, -0.2) is 50.4 Å². The lowest BCUT2D eigenvalue weighted by Crippen LogP contribution is -2.49. The SMILES string of the molecule is CC(C)(C)SSc1ccccc1CCOP1(=O)OC[C@H]2O[C@@H](n3ccc(=O)[nH]c3=O)[C@](C)(O)[C@@H]2O1. The van der Waals surface area contributed by atoms with E-state index >= 15 is 0 Å². The second kappa shape index (κ2) is 10.2. The molecular weight excluding hydrogens is 515 g/mol. The number of hydrogen-bond acceptors (Lipinski definition) is 10. The van der Waals surface area contributed by atoms with Gasteiger partial charge in [0.1, 0.15) is 17.8 Å². The molecule has 2 aromatic rings. The molecule has 3 heterocycles. The summed E-state index contributed by atoms with van der Waals surface area (Å²) >= 11 is 0. The van der Waals surface area contributed by atoms with E-state index in [2.05, 4.69) is 25.8 Å². The molecule has 0 amide bonds. The molecule has 2 aliphatic heterocycles. The summed E-state index contributed by atoms with van der Waals surface area (Å²) in [7, 11) is -0.553. The normalized spacial score (nSPS) is 30.8. The first-order valence-electron chi connectivity index (χ1n) is 11.1. The van der Waals surface area contributed by atoms with Gasteiger partial charge >= 0.3 is 13.5 Å². The van der Waals surface area contributed by atoms with Crippen LogP contribution in [0.4, 0.5) is 0 Å². The molecule has 4 rings (SSSR count). The Hall–Kier alpha value is -1.37. The third kappa shape index (κ3) is 6.14. The number of ether oxygens (including phenoxy) is 1. The van der Waals surface area contributed by atoms with Gasteiger partial charge in [0.25, 0.3) is 5.56 Å². The molecule has 5 atom stereocenters. The predicted octanol–water partition coefficient (Wildman–Crippen LogP) is 3.51. The lowest BCUT2D eigenvalue weighted by molar-refractivity contribution is -0.0941. The van der Waals surface area contributed by atoms with E-state index in [0.717, 1.165) is 21.1 Å². The van der Waals surface area contributed by atoms with Crippen molar-refractivity contribution in [1.29, 1.82) is 0 Å². The maximum atomic E-state index is 13.2. The summed E-state index contributed by atoms with van der Waals surface area (Å²) in [6.45, 7) is 7.78. The zero-order valence-electron chi connectivity index (χ0n) is 19.8. The van der Waals surface area contributed by atoms with Crippen LogP contribution in [0, 0.1) is 0 Å². The van der Waals surface area contributed by atoms with Gasteiger partial charge in [0.2, 0.25) is 0 Å². The Morgan fingerprint density at radius 2 is 2.03 bits per heavy atom. The monoisotopic (exact) mass is 544 g/mol. The Labute approximate surface area is 210 Å². The average Bonchev–Trinajstić information content (AvgIpc) is 3.02. The van der Waals surface area contributed by atoms with Gasteiger partial charge in [-0.15, -0.1) is 0 Å². The number of H-pyrrole nitrogens is 1. The Bertz CT molecular complexity index is 1220. The first-order chi connectivity index (χ1) is 16.4. The number of nitrogens with zero attached hydrogens (tertiary/aromatic N) is 1. The van der Waals surface area contributed by atoms with E-state index in [1.807, 2.05) is 24.3 Å². The number of aliphatic hydroxyl groups is 1. The van der Waals surface area contributed by atoms with E-state index in [4.69, 9.17) is 18.3 Å². The highest BCUT2D eigenvalue weighted by molar-refractivity contribution is 8.77. The fourth-order valence-corrected chi connectivity index (χ4v) is 7.51. The Kier molecular flexibility index (Phi) is 7.76. The summed E-state index contributed by atoms with van der Waals surface area (Å²) in [6, 6.07) is 9.08. The Morgan fingerprint density at radius 3 is 2.74 bits per heavy atom. The molecule has 1 aromatic heterocycles. The van der Waals surface area contributed by atoms with Crippen molar-refractivity contribution in [3.8, 4) is 0 Å². The maximum Gasteiger partial charge on any atom is 0.475 e. The summed E-state index contributed by atoms with van der Waals surface area (Å²) < 4.78 is 36.7. The van der Waals surface area contributed by atoms with Crippen LogP contribution >= 0.6 is 29.4 Å². The van der Waals surface area contributed by atoms with E-state index in [1.54, 1.807) is 21.6 Å². The minimum absolute atomic E-state index is 0.0816. The summed E-state index contributed by atoms with van der Waals surface area (Å²) in [5, 5.41) is 11.2. The number of benzene rings is 1. The standard InChI is InChI=1S/C22H29N2O8PS2/c1-21(2,3)35-34-16-8-6-5-7-14(16)10-12-29-33(28)30-13-15-18(32-33)22(4,27)19(31-15)24-11-9-17(25)23-20(24)26/h5-9,11,15,18-19,27H,10,12-13H2,1-4H3,(H,23,25,26)/t15-,18-,19-,22-,33?/m1/s1. The van der Waals surface area contributed by atoms with Gasteiger partial charge < -0.3 is 9.84 Å². The average molecular weight is 545 g/mol. The number of rotatable bonds is 7. The van der Waals surface area contributed by atoms with Gasteiger partial charge in [-0.1, -0.05) is 60.6 Å². The second-order valence-corrected chi connectivity index (χ2v) is 14.1. The summed E-state index contributed by atoms with van der Waals surface area (Å²) in [4.78, 5) is 26.8. The van der Waals surface area contributed by atoms with Gasteiger partial charge in [-0.25, -0.2) is 9.36 Å². The second-order valence-electron chi connectivity index (χ2n) is 9.51. The van der Waals surface area contributed by atoms with E-state index in [9.17, 15) is 19.3 Å². The number of phosphoric acid groups is 1. The van der Waals surface area contributed by atoms with Crippen LogP contribution in [0.15, 0.2) is 51.0 Å². The van der Waals surface area contributed by atoms with Gasteiger partial charge in [0, 0.05) is 21.9 Å². The number of aromatic amines is 1. The number of nitrogens with one attached hydrogen (secondary N) is 1. The quantitative estimate of drug-likeness (QED) is 0.395. The van der Waals surface area contributed by atoms with Crippen molar-refractivity contribution in [2.75, 3.05) is 13.2 Å². The van der Waals surface area contributed by atoms with Crippen LogP contribution in [0.5, 0.6) is 0 Å². The first kappa shape index (κ1) is 26.7. The third-order valence-electron chi connectivity index (χ3n) is 5.44. The number of aromatic nitrogens is 2. The van der Waals surface area contributed by atoms with Crippen LogP contribution in [0.3, 0.4) is 0 Å². The largest absolute Gasteiger partial charge is 0.475 e. The van der Waals surface area contributed by atoms with Crippen LogP contribution in [-0.2, 0) is 29.3 Å². The fraction of sp³-hybridized carbons (Fsp3) is 0.545. The predicted molar refractivity (Wildman–Crippen MR) is 134 cm³/mol. The molecule has 1 unspecified atom stereocenters.